The number of fused-ring (bicyclic) bond motifs is 10. The molecule has 0 aliphatic rings. The molecule has 0 bridgehead atoms. The molecule has 1 heterocycles. The molecular formula is C44H26O. The third-order valence-corrected chi connectivity index (χ3v) is 7.69. The SMILES string of the molecule is [2H]c1c([2H])c(-c2c3c([2H])c([2H])c([2H])c([2H])c3c(-c3c([2H])c([2H])c4c([2H])c([2H])c5c([2H])c([2H])c([2H])c([2H])c5c4c3[2H])c3c([2H])c([2H])c([2H])c([2H])c23)c2c(oc3c4c([2H])c([2H])c([2H])c([2H])c4c([2H])c([2H])c32)c1[2H]. The number of hydrogen-bond donors (Lipinski definition) is 0. The van der Waals surface area contributed by atoms with E-state index < -0.39 is 255 Å². The van der Waals surface area contributed by atoms with Crippen LogP contribution in [0.15, 0.2) is 162 Å². The molecule has 0 radical (unpaired) electrons. The van der Waals surface area contributed by atoms with Crippen molar-refractivity contribution >= 4 is 75.8 Å². The molecule has 0 aliphatic heterocycles. The van der Waals surface area contributed by atoms with Crippen LogP contribution >= 0.6 is 0 Å². The summed E-state index contributed by atoms with van der Waals surface area (Å²) in [5.74, 6) is 0. The first kappa shape index (κ1) is 10.3. The lowest BCUT2D eigenvalue weighted by Gasteiger charge is -2.18. The van der Waals surface area contributed by atoms with Crippen molar-refractivity contribution in [3.63, 3.8) is 0 Å². The van der Waals surface area contributed by atoms with E-state index in [1.807, 2.05) is 0 Å². The van der Waals surface area contributed by atoms with E-state index in [-0.39, 0.29) is 0 Å². The molecule has 0 atom stereocenters. The fourth-order valence-corrected chi connectivity index (χ4v) is 5.81. The van der Waals surface area contributed by atoms with Crippen molar-refractivity contribution < 1.29 is 40.1 Å². The maximum Gasteiger partial charge on any atom is 0.143 e. The summed E-state index contributed by atoms with van der Waals surface area (Å²) in [6.07, 6.45) is 0. The van der Waals surface area contributed by atoms with Crippen LogP contribution in [0.25, 0.3) is 98.1 Å². The lowest BCUT2D eigenvalue weighted by atomic mass is 9.84. The van der Waals surface area contributed by atoms with E-state index in [9.17, 15) is 12.3 Å². The Morgan fingerprint density at radius 3 is 1.62 bits per heavy atom. The summed E-state index contributed by atoms with van der Waals surface area (Å²) in [5, 5.41) is -7.01. The first-order valence-electron chi connectivity index (χ1n) is 26.4. The summed E-state index contributed by atoms with van der Waals surface area (Å²) < 4.78 is 241. The van der Waals surface area contributed by atoms with Crippen molar-refractivity contribution in [2.45, 2.75) is 0 Å². The van der Waals surface area contributed by atoms with Crippen LogP contribution in [0.2, 0.25) is 0 Å². The van der Waals surface area contributed by atoms with Gasteiger partial charge < -0.3 is 4.42 Å². The molecule has 10 aromatic rings. The minimum atomic E-state index is -0.986. The minimum Gasteiger partial charge on any atom is -0.455 e. The van der Waals surface area contributed by atoms with Crippen molar-refractivity contribution in [2.75, 3.05) is 0 Å². The van der Waals surface area contributed by atoms with E-state index in [1.165, 1.54) is 0 Å². The zero-order chi connectivity index (χ0) is 52.1. The molecule has 1 heteroatoms. The van der Waals surface area contributed by atoms with Gasteiger partial charge in [-0.2, -0.15) is 0 Å². The molecule has 0 saturated heterocycles. The molecule has 45 heavy (non-hydrogen) atoms. The summed E-state index contributed by atoms with van der Waals surface area (Å²) in [6.45, 7) is 0. The molecule has 9 aromatic carbocycles. The fourth-order valence-electron chi connectivity index (χ4n) is 5.81. The van der Waals surface area contributed by atoms with E-state index >= 15 is 0 Å². The van der Waals surface area contributed by atoms with Gasteiger partial charge in [-0.1, -0.05) is 139 Å². The van der Waals surface area contributed by atoms with Gasteiger partial charge in [0.25, 0.3) is 0 Å². The molecule has 10 rings (SSSR count). The van der Waals surface area contributed by atoms with Gasteiger partial charge in [0.15, 0.2) is 0 Å². The Morgan fingerprint density at radius 2 is 0.911 bits per heavy atom. The quantitative estimate of drug-likeness (QED) is 0.143. The van der Waals surface area contributed by atoms with Crippen LogP contribution in [0.5, 0.6) is 0 Å². The molecule has 0 N–H and O–H groups in total. The second-order valence-electron chi connectivity index (χ2n) is 10.0. The highest BCUT2D eigenvalue weighted by molar-refractivity contribution is 6.27. The summed E-state index contributed by atoms with van der Waals surface area (Å²) in [4.78, 5) is 0. The maximum absolute atomic E-state index is 9.83. The summed E-state index contributed by atoms with van der Waals surface area (Å²) in [6, 6.07) is -22.8. The van der Waals surface area contributed by atoms with E-state index in [0.29, 0.717) is 0 Å². The fraction of sp³-hybridized carbons (Fsp3) is 0. The Morgan fingerprint density at radius 1 is 0.378 bits per heavy atom. The largest absolute Gasteiger partial charge is 0.455 e. The normalized spacial score (nSPS) is 20.1. The van der Waals surface area contributed by atoms with E-state index in [4.69, 9.17) is 27.7 Å². The Bertz CT molecular complexity index is 4210. The lowest BCUT2D eigenvalue weighted by molar-refractivity contribution is 0.673. The van der Waals surface area contributed by atoms with Crippen molar-refractivity contribution in [3.05, 3.63) is 157 Å². The Balaban J connectivity index is 1.57. The van der Waals surface area contributed by atoms with Gasteiger partial charge in [0.2, 0.25) is 0 Å². The van der Waals surface area contributed by atoms with Crippen LogP contribution in [-0.4, -0.2) is 0 Å². The zero-order valence-corrected chi connectivity index (χ0v) is 22.4. The van der Waals surface area contributed by atoms with Crippen LogP contribution in [0, 0.1) is 0 Å². The molecule has 0 spiro atoms. The Labute approximate surface area is 296 Å². The van der Waals surface area contributed by atoms with Crippen molar-refractivity contribution in [2.24, 2.45) is 0 Å². The zero-order valence-electron chi connectivity index (χ0n) is 48.4. The van der Waals surface area contributed by atoms with Crippen LogP contribution in [0.3, 0.4) is 0 Å². The molecule has 0 fully saturated rings. The predicted molar refractivity (Wildman–Crippen MR) is 192 cm³/mol. The van der Waals surface area contributed by atoms with Crippen molar-refractivity contribution in [3.8, 4) is 22.3 Å². The highest BCUT2D eigenvalue weighted by Crippen LogP contribution is 2.47. The van der Waals surface area contributed by atoms with Crippen molar-refractivity contribution in [1.29, 1.82) is 0 Å². The Kier molecular flexibility index (Phi) is 2.13. The van der Waals surface area contributed by atoms with Crippen molar-refractivity contribution in [1.82, 2.24) is 0 Å². The second-order valence-corrected chi connectivity index (χ2v) is 10.0. The third kappa shape index (κ3) is 3.50. The topological polar surface area (TPSA) is 13.1 Å². The van der Waals surface area contributed by atoms with Gasteiger partial charge in [0.05, 0.1) is 35.6 Å². The average molecular weight is 597 g/mol. The number of hydrogen-bond acceptors (Lipinski definition) is 1. The average Bonchev–Trinajstić information content (AvgIpc) is 3.73. The van der Waals surface area contributed by atoms with Crippen LogP contribution < -0.4 is 0 Å². The van der Waals surface area contributed by atoms with Gasteiger partial charge in [-0.3, -0.25) is 0 Å². The molecule has 208 valence electrons. The van der Waals surface area contributed by atoms with Crippen LogP contribution in [-0.2, 0) is 0 Å². The number of rotatable bonds is 2. The molecular weight excluding hydrogens is 544 g/mol. The molecule has 0 unspecified atom stereocenters. The Hall–Kier alpha value is -5.92. The summed E-state index contributed by atoms with van der Waals surface area (Å²) in [7, 11) is 0. The van der Waals surface area contributed by atoms with E-state index in [1.54, 1.807) is 0 Å². The summed E-state index contributed by atoms with van der Waals surface area (Å²) in [5.41, 5.74) is -3.98. The van der Waals surface area contributed by atoms with Gasteiger partial charge in [-0.05, 0) is 88.9 Å². The second kappa shape index (κ2) is 9.29. The monoisotopic (exact) mass is 596 g/mol. The first-order valence-corrected chi connectivity index (χ1v) is 13.4. The summed E-state index contributed by atoms with van der Waals surface area (Å²) >= 11 is 0. The standard InChI is InChI=1S/C44H26O/c1-3-12-31-27(10-1)20-21-29-22-23-30(26-39(29)31)41-33-14-5-7-16-35(33)42(36-17-8-6-15-34(36)41)37-18-9-19-40-43(37)38-25-24-28-11-2-4-13-32(28)44(38)45-40/h1-26H/i1D,2D,3D,4D,5D,6D,7D,8D,9D,10D,11D,12D,13D,14D,15D,16D,17D,18D,19D,20D,21D,22D,23D,24D,25D,26D. The minimum absolute atomic E-state index is 0.445. The molecule has 0 aliphatic carbocycles. The van der Waals surface area contributed by atoms with Gasteiger partial charge in [-0.15, -0.1) is 0 Å². The van der Waals surface area contributed by atoms with Crippen LogP contribution in [0.1, 0.15) is 35.6 Å². The van der Waals surface area contributed by atoms with Crippen LogP contribution in [0.4, 0.5) is 0 Å². The van der Waals surface area contributed by atoms with E-state index in [0.717, 1.165) is 0 Å². The molecule has 0 saturated carbocycles. The molecule has 0 amide bonds. The number of benzene rings is 9. The number of furan rings is 1. The maximum atomic E-state index is 9.83. The van der Waals surface area contributed by atoms with Gasteiger partial charge in [0.1, 0.15) is 11.2 Å². The first-order chi connectivity index (χ1) is 33.2. The smallest absolute Gasteiger partial charge is 0.143 e. The van der Waals surface area contributed by atoms with Gasteiger partial charge in [0, 0.05) is 16.2 Å². The lowest BCUT2D eigenvalue weighted by Crippen LogP contribution is -1.91. The third-order valence-electron chi connectivity index (χ3n) is 7.69. The highest BCUT2D eigenvalue weighted by Gasteiger charge is 2.21. The molecule has 1 nitrogen and oxygen atoms in total. The van der Waals surface area contributed by atoms with E-state index in [2.05, 4.69) is 0 Å². The predicted octanol–water partition coefficient (Wildman–Crippen LogP) is 12.7. The molecule has 1 aromatic heterocycles. The van der Waals surface area contributed by atoms with Gasteiger partial charge >= 0.3 is 0 Å². The highest BCUT2D eigenvalue weighted by atomic mass is 16.3. The van der Waals surface area contributed by atoms with Gasteiger partial charge in [-0.25, -0.2) is 0 Å².